The first kappa shape index (κ1) is 19.8. The number of amides is 1. The zero-order valence-corrected chi connectivity index (χ0v) is 16.4. The molecule has 3 rings (SSSR count). The van der Waals surface area contributed by atoms with E-state index >= 15 is 0 Å². The normalized spacial score (nSPS) is 13.6. The molecule has 1 aliphatic rings. The molecule has 5 heteroatoms. The maximum atomic E-state index is 12.8. The van der Waals surface area contributed by atoms with E-state index in [1.54, 1.807) is 24.5 Å². The van der Waals surface area contributed by atoms with Gasteiger partial charge in [-0.2, -0.15) is 0 Å². The topological polar surface area (TPSA) is 45.7 Å². The van der Waals surface area contributed by atoms with Crippen LogP contribution in [0.4, 0.5) is 5.69 Å². The third-order valence-corrected chi connectivity index (χ3v) is 4.69. The zero-order valence-electron chi connectivity index (χ0n) is 16.4. The highest BCUT2D eigenvalue weighted by Crippen LogP contribution is 2.31. The maximum absolute atomic E-state index is 12.8. The lowest BCUT2D eigenvalue weighted by Gasteiger charge is -2.29. The number of nitrogens with zero attached hydrogens (tertiary/aromatic N) is 3. The van der Waals surface area contributed by atoms with Gasteiger partial charge in [-0.15, -0.1) is 6.58 Å². The second kappa shape index (κ2) is 9.85. The monoisotopic (exact) mass is 377 g/mol. The second-order valence-corrected chi connectivity index (χ2v) is 6.88. The van der Waals surface area contributed by atoms with Crippen molar-refractivity contribution in [2.45, 2.75) is 12.8 Å². The Morgan fingerprint density at radius 3 is 3.00 bits per heavy atom. The summed E-state index contributed by atoms with van der Waals surface area (Å²) in [5, 5.41) is 0. The number of aryl methyl sites for hydroxylation is 1. The highest BCUT2D eigenvalue weighted by Gasteiger charge is 2.24. The molecule has 0 N–H and O–H groups in total. The number of hydrogen-bond donors (Lipinski definition) is 0. The van der Waals surface area contributed by atoms with E-state index in [0.29, 0.717) is 12.2 Å². The zero-order chi connectivity index (χ0) is 19.8. The molecule has 0 aliphatic carbocycles. The van der Waals surface area contributed by atoms with Crippen LogP contribution in [0.25, 0.3) is 0 Å². The lowest BCUT2D eigenvalue weighted by Crippen LogP contribution is -2.35. The van der Waals surface area contributed by atoms with E-state index < -0.39 is 0 Å². The molecule has 2 heterocycles. The van der Waals surface area contributed by atoms with Crippen molar-refractivity contribution in [1.82, 2.24) is 9.88 Å². The van der Waals surface area contributed by atoms with E-state index in [1.165, 1.54) is 0 Å². The van der Waals surface area contributed by atoms with Gasteiger partial charge >= 0.3 is 0 Å². The fourth-order valence-corrected chi connectivity index (χ4v) is 3.28. The summed E-state index contributed by atoms with van der Waals surface area (Å²) in [7, 11) is 2.05. The van der Waals surface area contributed by atoms with Crippen molar-refractivity contribution in [2.24, 2.45) is 0 Å². The quantitative estimate of drug-likeness (QED) is 0.658. The van der Waals surface area contributed by atoms with Crippen LogP contribution in [0.15, 0.2) is 67.5 Å². The molecule has 0 bridgehead atoms. The summed E-state index contributed by atoms with van der Waals surface area (Å²) >= 11 is 0. The first-order valence-electron chi connectivity index (χ1n) is 9.61. The highest BCUT2D eigenvalue weighted by molar-refractivity contribution is 6.06. The van der Waals surface area contributed by atoms with Crippen LogP contribution >= 0.6 is 0 Å². The Morgan fingerprint density at radius 2 is 2.21 bits per heavy atom. The van der Waals surface area contributed by atoms with Crippen molar-refractivity contribution in [3.8, 4) is 5.75 Å². The SMILES string of the molecule is C=CCN(C)CC=CCOc1ccc2c(c1)CCCN2C(=O)c1cccnc1. The molecule has 0 atom stereocenters. The number of carbonyl (C=O) groups is 1. The van der Waals surface area contributed by atoms with Crippen molar-refractivity contribution < 1.29 is 9.53 Å². The number of aromatic nitrogens is 1. The standard InChI is InChI=1S/C23H27N3O2/c1-3-13-25(2)14-4-5-16-28-21-10-11-22-19(17-21)9-7-15-26(22)23(27)20-8-6-12-24-18-20/h3-6,8,10-12,17-18H,1,7,9,13-16H2,2H3. The maximum Gasteiger partial charge on any atom is 0.259 e. The minimum Gasteiger partial charge on any atom is -0.490 e. The van der Waals surface area contributed by atoms with Crippen LogP contribution in [-0.4, -0.2) is 49.1 Å². The van der Waals surface area contributed by atoms with Crippen LogP contribution in [0.2, 0.25) is 0 Å². The van der Waals surface area contributed by atoms with E-state index in [2.05, 4.69) is 35.7 Å². The number of rotatable bonds is 8. The van der Waals surface area contributed by atoms with E-state index in [-0.39, 0.29) is 5.91 Å². The van der Waals surface area contributed by atoms with Gasteiger partial charge in [-0.1, -0.05) is 18.2 Å². The summed E-state index contributed by atoms with van der Waals surface area (Å²) in [5.41, 5.74) is 2.73. The molecule has 0 spiro atoms. The summed E-state index contributed by atoms with van der Waals surface area (Å²) in [5.74, 6) is 0.827. The van der Waals surface area contributed by atoms with Crippen LogP contribution in [0, 0.1) is 0 Å². The van der Waals surface area contributed by atoms with Crippen LogP contribution in [0.1, 0.15) is 22.3 Å². The molecular formula is C23H27N3O2. The third kappa shape index (κ3) is 5.08. The van der Waals surface area contributed by atoms with Gasteiger partial charge in [0.05, 0.1) is 5.56 Å². The first-order chi connectivity index (χ1) is 13.7. The van der Waals surface area contributed by atoms with Gasteiger partial charge in [0.2, 0.25) is 0 Å². The number of hydrogen-bond acceptors (Lipinski definition) is 4. The molecule has 0 saturated heterocycles. The third-order valence-electron chi connectivity index (χ3n) is 4.69. The van der Waals surface area contributed by atoms with Gasteiger partial charge in [0, 0.05) is 37.7 Å². The predicted octanol–water partition coefficient (Wildman–Crippen LogP) is 3.73. The minimum atomic E-state index is -0.00528. The molecule has 0 fully saturated rings. The van der Waals surface area contributed by atoms with Crippen molar-refractivity contribution in [3.63, 3.8) is 0 Å². The highest BCUT2D eigenvalue weighted by atomic mass is 16.5. The Labute approximate surface area is 166 Å². The lowest BCUT2D eigenvalue weighted by atomic mass is 10.0. The summed E-state index contributed by atoms with van der Waals surface area (Å²) in [6, 6.07) is 9.57. The van der Waals surface area contributed by atoms with Gasteiger partial charge in [0.25, 0.3) is 5.91 Å². The largest absolute Gasteiger partial charge is 0.490 e. The van der Waals surface area contributed by atoms with Gasteiger partial charge in [-0.25, -0.2) is 0 Å². The predicted molar refractivity (Wildman–Crippen MR) is 113 cm³/mol. The van der Waals surface area contributed by atoms with Crippen molar-refractivity contribution in [3.05, 3.63) is 78.7 Å². The average molecular weight is 377 g/mol. The minimum absolute atomic E-state index is 0.00528. The molecule has 146 valence electrons. The molecule has 1 aromatic carbocycles. The van der Waals surface area contributed by atoms with E-state index in [4.69, 9.17) is 4.74 Å². The van der Waals surface area contributed by atoms with E-state index in [0.717, 1.165) is 49.5 Å². The fourth-order valence-electron chi connectivity index (χ4n) is 3.28. The number of fused-ring (bicyclic) bond motifs is 1. The molecule has 1 amide bonds. The lowest BCUT2D eigenvalue weighted by molar-refractivity contribution is 0.0984. The van der Waals surface area contributed by atoms with Crippen molar-refractivity contribution in [2.75, 3.05) is 38.2 Å². The van der Waals surface area contributed by atoms with Crippen molar-refractivity contribution >= 4 is 11.6 Å². The summed E-state index contributed by atoms with van der Waals surface area (Å²) in [6.45, 7) is 6.72. The molecule has 5 nitrogen and oxygen atoms in total. The van der Waals surface area contributed by atoms with Gasteiger partial charge in [-0.05, 0) is 55.8 Å². The van der Waals surface area contributed by atoms with Gasteiger partial charge < -0.3 is 9.64 Å². The Kier molecular flexibility index (Phi) is 6.98. The molecule has 1 aliphatic heterocycles. The molecule has 0 radical (unpaired) electrons. The number of carbonyl (C=O) groups excluding carboxylic acids is 1. The Bertz CT molecular complexity index is 833. The molecule has 28 heavy (non-hydrogen) atoms. The van der Waals surface area contributed by atoms with E-state index in [9.17, 15) is 4.79 Å². The van der Waals surface area contributed by atoms with Gasteiger partial charge in [-0.3, -0.25) is 14.7 Å². The summed E-state index contributed by atoms with van der Waals surface area (Å²) < 4.78 is 5.86. The van der Waals surface area contributed by atoms with Crippen LogP contribution in [0.3, 0.4) is 0 Å². The van der Waals surface area contributed by atoms with Crippen LogP contribution < -0.4 is 9.64 Å². The molecular weight excluding hydrogens is 350 g/mol. The fraction of sp³-hybridized carbons (Fsp3) is 0.304. The molecule has 0 saturated carbocycles. The van der Waals surface area contributed by atoms with Crippen molar-refractivity contribution in [1.29, 1.82) is 0 Å². The summed E-state index contributed by atoms with van der Waals surface area (Å²) in [6.07, 6.45) is 11.2. The number of benzene rings is 1. The average Bonchev–Trinajstić information content (AvgIpc) is 2.73. The van der Waals surface area contributed by atoms with E-state index in [1.807, 2.05) is 29.2 Å². The summed E-state index contributed by atoms with van der Waals surface area (Å²) in [4.78, 5) is 20.9. The first-order valence-corrected chi connectivity index (χ1v) is 9.61. The van der Waals surface area contributed by atoms with Crippen LogP contribution in [0.5, 0.6) is 5.75 Å². The Morgan fingerprint density at radius 1 is 1.32 bits per heavy atom. The number of likely N-dealkylation sites (N-methyl/N-ethyl adjacent to an activating group) is 1. The molecule has 0 unspecified atom stereocenters. The molecule has 1 aromatic heterocycles. The number of anilines is 1. The Hall–Kier alpha value is -2.92. The van der Waals surface area contributed by atoms with Gasteiger partial charge in [0.15, 0.2) is 0 Å². The van der Waals surface area contributed by atoms with Crippen LogP contribution in [-0.2, 0) is 6.42 Å². The van der Waals surface area contributed by atoms with Gasteiger partial charge in [0.1, 0.15) is 12.4 Å². The smallest absolute Gasteiger partial charge is 0.259 e. The molecule has 2 aromatic rings. The second-order valence-electron chi connectivity index (χ2n) is 6.88. The number of pyridine rings is 1. The number of ether oxygens (including phenoxy) is 1. The Balaban J connectivity index is 1.62.